The van der Waals surface area contributed by atoms with Crippen molar-refractivity contribution < 1.29 is 28.6 Å². The molecule has 7 nitrogen and oxygen atoms in total. The van der Waals surface area contributed by atoms with Gasteiger partial charge in [-0.05, 0) is 37.5 Å². The van der Waals surface area contributed by atoms with Gasteiger partial charge in [-0.3, -0.25) is 19.3 Å². The molecule has 3 rings (SSSR count). The molecule has 0 radical (unpaired) electrons. The smallest absolute Gasteiger partial charge is 0.321 e. The van der Waals surface area contributed by atoms with Crippen molar-refractivity contribution in [3.05, 3.63) is 29.8 Å². The van der Waals surface area contributed by atoms with Gasteiger partial charge in [-0.25, -0.2) is 0 Å². The molecule has 2 bridgehead atoms. The number of piperidine rings is 1. The zero-order valence-electron chi connectivity index (χ0n) is 16.6. The van der Waals surface area contributed by atoms with Gasteiger partial charge in [0.25, 0.3) is 0 Å². The maximum Gasteiger partial charge on any atom is 0.321 e. The average molecular weight is 389 g/mol. The first kappa shape index (κ1) is 20.3. The van der Waals surface area contributed by atoms with E-state index in [4.69, 9.17) is 14.2 Å². The van der Waals surface area contributed by atoms with Crippen LogP contribution in [0.15, 0.2) is 24.3 Å². The number of hydrogen-bond acceptors (Lipinski definition) is 7. The Balaban J connectivity index is 1.94. The highest BCUT2D eigenvalue weighted by Crippen LogP contribution is 2.48. The fourth-order valence-electron chi connectivity index (χ4n) is 4.65. The van der Waals surface area contributed by atoms with Gasteiger partial charge in [0.15, 0.2) is 11.2 Å². The lowest BCUT2D eigenvalue weighted by Crippen LogP contribution is -2.61. The molecule has 0 spiro atoms. The first-order valence-corrected chi connectivity index (χ1v) is 9.62. The van der Waals surface area contributed by atoms with Crippen LogP contribution in [0.4, 0.5) is 0 Å². The molecule has 7 heteroatoms. The van der Waals surface area contributed by atoms with Crippen LogP contribution in [0, 0.1) is 5.41 Å². The Kier molecular flexibility index (Phi) is 6.03. The summed E-state index contributed by atoms with van der Waals surface area (Å²) < 4.78 is 15.4. The van der Waals surface area contributed by atoms with Crippen molar-refractivity contribution in [2.24, 2.45) is 5.41 Å². The highest BCUT2D eigenvalue weighted by Gasteiger charge is 2.62. The lowest BCUT2D eigenvalue weighted by atomic mass is 9.70. The number of fused-ring (bicyclic) bond motifs is 2. The van der Waals surface area contributed by atoms with E-state index in [0.717, 1.165) is 17.7 Å². The van der Waals surface area contributed by atoms with Crippen LogP contribution < -0.4 is 4.74 Å². The maximum absolute atomic E-state index is 13.1. The lowest BCUT2D eigenvalue weighted by Gasteiger charge is -2.45. The van der Waals surface area contributed by atoms with Crippen LogP contribution in [0.5, 0.6) is 5.75 Å². The molecule has 2 aliphatic heterocycles. The molecule has 0 N–H and O–H groups in total. The molecule has 28 heavy (non-hydrogen) atoms. The molecule has 3 atom stereocenters. The number of carbonyl (C=O) groups excluding carboxylic acids is 3. The third kappa shape index (κ3) is 3.51. The minimum atomic E-state index is -1.51. The quantitative estimate of drug-likeness (QED) is 0.522. The molecule has 0 saturated carbocycles. The van der Waals surface area contributed by atoms with Crippen molar-refractivity contribution in [3.8, 4) is 5.75 Å². The van der Waals surface area contributed by atoms with Gasteiger partial charge >= 0.3 is 11.9 Å². The summed E-state index contributed by atoms with van der Waals surface area (Å²) in [6.07, 6.45) is 1.42. The van der Waals surface area contributed by atoms with Gasteiger partial charge in [0, 0.05) is 25.0 Å². The van der Waals surface area contributed by atoms with Crippen molar-refractivity contribution >= 4 is 17.7 Å². The monoisotopic (exact) mass is 389 g/mol. The molecule has 152 valence electrons. The van der Waals surface area contributed by atoms with Gasteiger partial charge < -0.3 is 14.2 Å². The summed E-state index contributed by atoms with van der Waals surface area (Å²) in [6, 6.07) is 7.39. The molecule has 1 aromatic rings. The number of nitrogens with zero attached hydrogens (tertiary/aromatic N) is 1. The van der Waals surface area contributed by atoms with Crippen molar-refractivity contribution in [1.29, 1.82) is 0 Å². The molecule has 1 aromatic carbocycles. The van der Waals surface area contributed by atoms with Crippen LogP contribution in [0.1, 0.15) is 38.2 Å². The number of ether oxygens (including phenoxy) is 3. The SMILES string of the molecule is CCOC(=O)C[C@]1(C(=O)OC)C(=O)C[C@H]2CC[C@@H]1N2Cc1cccc(OC)c1. The highest BCUT2D eigenvalue weighted by molar-refractivity contribution is 6.08. The topological polar surface area (TPSA) is 82.1 Å². The van der Waals surface area contributed by atoms with E-state index >= 15 is 0 Å². The third-order valence-electron chi connectivity index (χ3n) is 5.91. The van der Waals surface area contributed by atoms with Crippen molar-refractivity contribution in [3.63, 3.8) is 0 Å². The molecular weight excluding hydrogens is 362 g/mol. The summed E-state index contributed by atoms with van der Waals surface area (Å²) in [7, 11) is 2.87. The molecule has 2 heterocycles. The van der Waals surface area contributed by atoms with Gasteiger partial charge in [-0.2, -0.15) is 0 Å². The van der Waals surface area contributed by atoms with E-state index in [0.29, 0.717) is 13.0 Å². The number of ketones is 1. The van der Waals surface area contributed by atoms with E-state index in [1.54, 1.807) is 14.0 Å². The van der Waals surface area contributed by atoms with Gasteiger partial charge in [-0.15, -0.1) is 0 Å². The van der Waals surface area contributed by atoms with Gasteiger partial charge in [0.05, 0.1) is 27.2 Å². The Labute approximate surface area is 164 Å². The van der Waals surface area contributed by atoms with E-state index in [9.17, 15) is 14.4 Å². The van der Waals surface area contributed by atoms with Crippen LogP contribution in [-0.4, -0.2) is 55.5 Å². The number of methoxy groups -OCH3 is 2. The van der Waals surface area contributed by atoms with Crippen LogP contribution in [-0.2, 0) is 30.4 Å². The van der Waals surface area contributed by atoms with E-state index in [2.05, 4.69) is 4.90 Å². The van der Waals surface area contributed by atoms with Crippen molar-refractivity contribution in [2.75, 3.05) is 20.8 Å². The number of esters is 2. The Morgan fingerprint density at radius 3 is 2.71 bits per heavy atom. The number of carbonyl (C=O) groups is 3. The zero-order chi connectivity index (χ0) is 20.3. The maximum atomic E-state index is 13.1. The summed E-state index contributed by atoms with van der Waals surface area (Å²) in [5.41, 5.74) is -0.479. The van der Waals surface area contributed by atoms with E-state index in [1.807, 2.05) is 24.3 Å². The molecule has 2 fully saturated rings. The fraction of sp³-hybridized carbons (Fsp3) is 0.571. The van der Waals surface area contributed by atoms with Crippen molar-refractivity contribution in [2.45, 2.75) is 51.2 Å². The number of benzene rings is 1. The van der Waals surface area contributed by atoms with E-state index < -0.39 is 17.4 Å². The molecule has 0 aromatic heterocycles. The van der Waals surface area contributed by atoms with Gasteiger partial charge in [-0.1, -0.05) is 12.1 Å². The van der Waals surface area contributed by atoms with Gasteiger partial charge in [0.1, 0.15) is 5.75 Å². The second-order valence-corrected chi connectivity index (χ2v) is 7.34. The zero-order valence-corrected chi connectivity index (χ0v) is 16.6. The lowest BCUT2D eigenvalue weighted by molar-refractivity contribution is -0.173. The van der Waals surface area contributed by atoms with Gasteiger partial charge in [0.2, 0.25) is 0 Å². The highest BCUT2D eigenvalue weighted by atomic mass is 16.5. The first-order chi connectivity index (χ1) is 13.5. The summed E-state index contributed by atoms with van der Waals surface area (Å²) in [4.78, 5) is 40.3. The Hall–Kier alpha value is -2.41. The van der Waals surface area contributed by atoms with Crippen LogP contribution in [0.3, 0.4) is 0 Å². The van der Waals surface area contributed by atoms with E-state index in [1.165, 1.54) is 7.11 Å². The van der Waals surface area contributed by atoms with E-state index in [-0.39, 0.29) is 37.3 Å². The Morgan fingerprint density at radius 1 is 1.25 bits per heavy atom. The van der Waals surface area contributed by atoms with Crippen LogP contribution in [0.2, 0.25) is 0 Å². The van der Waals surface area contributed by atoms with Crippen molar-refractivity contribution in [1.82, 2.24) is 4.90 Å². The number of hydrogen-bond donors (Lipinski definition) is 0. The Morgan fingerprint density at radius 2 is 2.04 bits per heavy atom. The number of Topliss-reactive ketones (excluding diaryl/α,β-unsaturated/α-hetero) is 1. The standard InChI is InChI=1S/C21H27NO6/c1-4-28-19(24)12-21(20(25)27-3)17-9-8-15(11-18(21)23)22(17)13-14-6-5-7-16(10-14)26-2/h5-7,10,15,17H,4,8-9,11-13H2,1-3H3/t15-,17+,21-/m1/s1. The first-order valence-electron chi connectivity index (χ1n) is 9.62. The third-order valence-corrected chi connectivity index (χ3v) is 5.91. The molecule has 2 saturated heterocycles. The second kappa shape index (κ2) is 8.31. The largest absolute Gasteiger partial charge is 0.497 e. The summed E-state index contributed by atoms with van der Waals surface area (Å²) >= 11 is 0. The molecule has 0 aliphatic carbocycles. The average Bonchev–Trinajstić information content (AvgIpc) is 3.00. The summed E-state index contributed by atoms with van der Waals surface area (Å²) in [5, 5.41) is 0. The Bertz CT molecular complexity index is 763. The minimum Gasteiger partial charge on any atom is -0.497 e. The molecule has 0 amide bonds. The predicted octanol–water partition coefficient (Wildman–Crippen LogP) is 2.11. The van der Waals surface area contributed by atoms with Crippen LogP contribution >= 0.6 is 0 Å². The molecule has 2 aliphatic rings. The fourth-order valence-corrected chi connectivity index (χ4v) is 4.65. The summed E-state index contributed by atoms with van der Waals surface area (Å²) in [5.74, 6) is -0.662. The molecule has 0 unspecified atom stereocenters. The normalized spacial score (nSPS) is 26.8. The predicted molar refractivity (Wildman–Crippen MR) is 101 cm³/mol. The minimum absolute atomic E-state index is 0.0590. The van der Waals surface area contributed by atoms with Crippen LogP contribution in [0.25, 0.3) is 0 Å². The second-order valence-electron chi connectivity index (χ2n) is 7.34. The molecular formula is C21H27NO6. The number of rotatable bonds is 7. The summed E-state index contributed by atoms with van der Waals surface area (Å²) in [6.45, 7) is 2.47.